The molecule has 8 aromatic rings. The van der Waals surface area contributed by atoms with Gasteiger partial charge in [-0.15, -0.1) is 0 Å². The van der Waals surface area contributed by atoms with E-state index in [1.807, 2.05) is 50.4 Å². The van der Waals surface area contributed by atoms with Crippen LogP contribution in [0.3, 0.4) is 0 Å². The number of para-hydroxylation sites is 3. The quantitative estimate of drug-likeness (QED) is 0.133. The van der Waals surface area contributed by atoms with E-state index in [-0.39, 0.29) is 0 Å². The van der Waals surface area contributed by atoms with Gasteiger partial charge in [0.15, 0.2) is 0 Å². The zero-order valence-corrected chi connectivity index (χ0v) is 28.0. The number of fused-ring (bicyclic) bond motifs is 11. The number of benzene rings is 3. The summed E-state index contributed by atoms with van der Waals surface area (Å²) >= 11 is 0. The first kappa shape index (κ1) is 29.7. The maximum absolute atomic E-state index is 5.21. The summed E-state index contributed by atoms with van der Waals surface area (Å²) in [6.07, 6.45) is 16.3. The van der Waals surface area contributed by atoms with Crippen LogP contribution in [0.4, 0.5) is 0 Å². The topological polar surface area (TPSA) is 59.8 Å². The van der Waals surface area contributed by atoms with E-state index >= 15 is 0 Å². The van der Waals surface area contributed by atoms with Gasteiger partial charge < -0.3 is 0 Å². The van der Waals surface area contributed by atoms with E-state index < -0.39 is 0 Å². The number of aliphatic imine (C=N–C) groups is 1. The van der Waals surface area contributed by atoms with Crippen molar-refractivity contribution >= 4 is 80.2 Å². The van der Waals surface area contributed by atoms with Crippen LogP contribution in [-0.2, 0) is 6.42 Å². The molecule has 0 spiro atoms. The first-order valence-corrected chi connectivity index (χ1v) is 17.1. The third-order valence-electron chi connectivity index (χ3n) is 9.60. The summed E-state index contributed by atoms with van der Waals surface area (Å²) < 4.78 is 4.51. The number of pyridine rings is 3. The molecule has 0 N–H and O–H groups in total. The standard InChI is InChI=1S/C44H34N6/c1-4-14-36-39(5-2)49-40-20-10-7-15-29(40)25-30(43(49)47-36)27-38(45-6-3)35-19-13-18-34(46-35)28-23-24-31-32-16-8-11-21-41(32)50-42-22-12-9-17-37(42)48-44(50)33(31)26-28/h4-6,8-14,16-27H,2,7,15H2,1,3H3/b14-4-,38-27-,45-6?. The molecule has 0 saturated carbocycles. The molecule has 5 heterocycles. The molecular weight excluding hydrogens is 613 g/mol. The second-order valence-electron chi connectivity index (χ2n) is 12.6. The number of rotatable bonds is 6. The smallest absolute Gasteiger partial charge is 0.146 e. The van der Waals surface area contributed by atoms with Crippen LogP contribution in [0.15, 0.2) is 115 Å². The van der Waals surface area contributed by atoms with Crippen LogP contribution in [0.1, 0.15) is 54.2 Å². The number of aryl methyl sites for hydroxylation is 1. The van der Waals surface area contributed by atoms with E-state index in [0.717, 1.165) is 91.4 Å². The van der Waals surface area contributed by atoms with Gasteiger partial charge in [-0.25, -0.2) is 15.0 Å². The van der Waals surface area contributed by atoms with E-state index in [1.54, 1.807) is 0 Å². The third kappa shape index (κ3) is 4.64. The Morgan fingerprint density at radius 2 is 1.66 bits per heavy atom. The number of imidazole rings is 2. The number of hydrogen-bond donors (Lipinski definition) is 0. The van der Waals surface area contributed by atoms with E-state index in [4.69, 9.17) is 19.9 Å². The van der Waals surface area contributed by atoms with Gasteiger partial charge in [0.1, 0.15) is 11.3 Å². The van der Waals surface area contributed by atoms with E-state index in [1.165, 1.54) is 16.3 Å². The molecule has 6 nitrogen and oxygen atoms in total. The molecule has 0 bridgehead atoms. The summed E-state index contributed by atoms with van der Waals surface area (Å²) in [6.45, 7) is 8.09. The Balaban J connectivity index is 1.22. The molecule has 1 aliphatic rings. The normalized spacial score (nSPS) is 13.6. The fraction of sp³-hybridized carbons (Fsp3) is 0.0909. The molecule has 5 aromatic heterocycles. The molecule has 0 atom stereocenters. The minimum absolute atomic E-state index is 0.770. The summed E-state index contributed by atoms with van der Waals surface area (Å²) in [4.78, 5) is 20.3. The molecule has 1 aliphatic carbocycles. The minimum Gasteiger partial charge on any atom is -0.292 e. The molecular formula is C44H34N6. The molecule has 0 saturated heterocycles. The fourth-order valence-electron chi connectivity index (χ4n) is 7.43. The van der Waals surface area contributed by atoms with Crippen LogP contribution in [0.25, 0.3) is 85.3 Å². The van der Waals surface area contributed by atoms with Crippen LogP contribution in [0, 0.1) is 0 Å². The van der Waals surface area contributed by atoms with Crippen LogP contribution < -0.4 is 0 Å². The molecule has 0 amide bonds. The van der Waals surface area contributed by atoms with Gasteiger partial charge in [-0.2, -0.15) is 0 Å². The van der Waals surface area contributed by atoms with Gasteiger partial charge in [-0.3, -0.25) is 13.8 Å². The monoisotopic (exact) mass is 646 g/mol. The van der Waals surface area contributed by atoms with Gasteiger partial charge in [0, 0.05) is 28.1 Å². The average Bonchev–Trinajstić information content (AvgIpc) is 3.74. The number of hydrogen-bond acceptors (Lipinski definition) is 4. The van der Waals surface area contributed by atoms with E-state index in [2.05, 4.69) is 112 Å². The van der Waals surface area contributed by atoms with Crippen molar-refractivity contribution in [1.29, 1.82) is 0 Å². The second kappa shape index (κ2) is 11.9. The summed E-state index contributed by atoms with van der Waals surface area (Å²) in [7, 11) is 0. The highest BCUT2D eigenvalue weighted by atomic mass is 15.0. The predicted octanol–water partition coefficient (Wildman–Crippen LogP) is 10.7. The summed E-state index contributed by atoms with van der Waals surface area (Å²) in [5.74, 6) is 0. The molecule has 6 heteroatoms. The number of allylic oxidation sites excluding steroid dienone is 2. The second-order valence-corrected chi connectivity index (χ2v) is 12.6. The first-order chi connectivity index (χ1) is 24.7. The molecule has 50 heavy (non-hydrogen) atoms. The van der Waals surface area contributed by atoms with Crippen molar-refractivity contribution < 1.29 is 0 Å². The molecule has 240 valence electrons. The Morgan fingerprint density at radius 1 is 0.800 bits per heavy atom. The van der Waals surface area contributed by atoms with E-state index in [0.29, 0.717) is 0 Å². The summed E-state index contributed by atoms with van der Waals surface area (Å²) in [5.41, 5.74) is 13.8. The van der Waals surface area contributed by atoms with Gasteiger partial charge in [0.25, 0.3) is 0 Å². The highest BCUT2D eigenvalue weighted by molar-refractivity contribution is 6.14. The fourth-order valence-corrected chi connectivity index (χ4v) is 7.43. The summed E-state index contributed by atoms with van der Waals surface area (Å²) in [5, 5.41) is 3.45. The number of nitrogens with zero attached hydrogens (tertiary/aromatic N) is 6. The average molecular weight is 647 g/mol. The van der Waals surface area contributed by atoms with Gasteiger partial charge in [0.2, 0.25) is 0 Å². The van der Waals surface area contributed by atoms with Crippen LogP contribution in [-0.4, -0.2) is 30.0 Å². The van der Waals surface area contributed by atoms with Gasteiger partial charge >= 0.3 is 0 Å². The highest BCUT2D eigenvalue weighted by Crippen LogP contribution is 2.35. The third-order valence-corrected chi connectivity index (χ3v) is 9.60. The zero-order valence-electron chi connectivity index (χ0n) is 28.0. The first-order valence-electron chi connectivity index (χ1n) is 17.1. The van der Waals surface area contributed by atoms with Crippen LogP contribution in [0.5, 0.6) is 0 Å². The van der Waals surface area contributed by atoms with Gasteiger partial charge in [-0.05, 0) is 104 Å². The van der Waals surface area contributed by atoms with Crippen molar-refractivity contribution in [1.82, 2.24) is 23.8 Å². The van der Waals surface area contributed by atoms with Crippen molar-refractivity contribution in [3.05, 3.63) is 144 Å². The van der Waals surface area contributed by atoms with E-state index in [9.17, 15) is 0 Å². The predicted molar refractivity (Wildman–Crippen MR) is 210 cm³/mol. The van der Waals surface area contributed by atoms with Crippen molar-refractivity contribution in [2.45, 2.75) is 26.7 Å². The Labute approximate surface area is 289 Å². The lowest BCUT2D eigenvalue weighted by Gasteiger charge is -2.16. The molecule has 0 radical (unpaired) electrons. The Hall–Kier alpha value is -6.40. The van der Waals surface area contributed by atoms with Gasteiger partial charge in [-0.1, -0.05) is 67.3 Å². The highest BCUT2D eigenvalue weighted by Gasteiger charge is 2.19. The van der Waals surface area contributed by atoms with Crippen molar-refractivity contribution in [3.8, 4) is 11.3 Å². The van der Waals surface area contributed by atoms with Crippen LogP contribution >= 0.6 is 0 Å². The lowest BCUT2D eigenvalue weighted by Crippen LogP contribution is -2.05. The molecule has 3 aromatic carbocycles. The largest absolute Gasteiger partial charge is 0.292 e. The Bertz CT molecular complexity index is 2800. The van der Waals surface area contributed by atoms with Crippen molar-refractivity contribution in [2.24, 2.45) is 4.99 Å². The van der Waals surface area contributed by atoms with Gasteiger partial charge in [0.05, 0.1) is 50.7 Å². The number of aromatic nitrogens is 5. The maximum atomic E-state index is 5.21. The lowest BCUT2D eigenvalue weighted by atomic mass is 9.99. The maximum Gasteiger partial charge on any atom is 0.146 e. The molecule has 9 rings (SSSR count). The molecule has 0 fully saturated rings. The minimum atomic E-state index is 0.770. The zero-order chi connectivity index (χ0) is 33.8. The Kier molecular flexibility index (Phi) is 7.09. The SMILES string of the molecule is C=Cc1c(/C=C\C)nc2c(/C=C(\N=CC)c3cccc(-c4ccc5c6ccccc6n6c7ccccc7nc6c5c4)n3)cc3c(n12)C=CCC3. The van der Waals surface area contributed by atoms with Crippen molar-refractivity contribution in [2.75, 3.05) is 0 Å². The summed E-state index contributed by atoms with van der Waals surface area (Å²) in [6, 6.07) is 31.9. The lowest BCUT2D eigenvalue weighted by molar-refractivity contribution is 0.946. The molecule has 0 unspecified atom stereocenters. The van der Waals surface area contributed by atoms with Crippen molar-refractivity contribution in [3.63, 3.8) is 0 Å². The Morgan fingerprint density at radius 3 is 2.52 bits per heavy atom. The van der Waals surface area contributed by atoms with Crippen LogP contribution in [0.2, 0.25) is 0 Å². The molecule has 0 aliphatic heterocycles.